The number of furan rings is 1. The van der Waals surface area contributed by atoms with Crippen molar-refractivity contribution < 1.29 is 18.8 Å². The lowest BCUT2D eigenvalue weighted by molar-refractivity contribution is -0.136. The molecule has 8 heteroatoms. The molecule has 0 saturated heterocycles. The Morgan fingerprint density at radius 3 is 2.12 bits per heavy atom. The number of hydrogen-bond donors (Lipinski definition) is 3. The molecule has 0 aliphatic rings. The monoisotopic (exact) mass is 358 g/mol. The van der Waals surface area contributed by atoms with Crippen molar-refractivity contribution in [1.82, 2.24) is 10.2 Å². The molecular formula is C18H22N4O4. The van der Waals surface area contributed by atoms with Crippen LogP contribution in [0.4, 0.5) is 11.4 Å². The molecule has 3 amide bonds. The fourth-order valence-corrected chi connectivity index (χ4v) is 2.32. The topological polar surface area (TPSA) is 104 Å². The molecule has 2 aromatic rings. The van der Waals surface area contributed by atoms with Crippen LogP contribution in [0, 0.1) is 0 Å². The number of hydrogen-bond acceptors (Lipinski definition) is 5. The van der Waals surface area contributed by atoms with E-state index in [-0.39, 0.29) is 18.5 Å². The molecule has 2 rings (SSSR count). The van der Waals surface area contributed by atoms with Gasteiger partial charge in [-0.15, -0.1) is 0 Å². The van der Waals surface area contributed by atoms with Gasteiger partial charge in [-0.3, -0.25) is 19.3 Å². The lowest BCUT2D eigenvalue weighted by Gasteiger charge is -2.22. The fourth-order valence-electron chi connectivity index (χ4n) is 2.32. The van der Waals surface area contributed by atoms with Crippen molar-refractivity contribution in [3.63, 3.8) is 0 Å². The number of carbonyl (C=O) groups excluding carboxylic acids is 3. The summed E-state index contributed by atoms with van der Waals surface area (Å²) >= 11 is 0. The van der Waals surface area contributed by atoms with Gasteiger partial charge in [0.15, 0.2) is 0 Å². The highest BCUT2D eigenvalue weighted by Gasteiger charge is 2.20. The van der Waals surface area contributed by atoms with Crippen LogP contribution in [0.3, 0.4) is 0 Å². The molecule has 0 radical (unpaired) electrons. The second-order valence-corrected chi connectivity index (χ2v) is 5.92. The summed E-state index contributed by atoms with van der Waals surface area (Å²) in [7, 11) is 3.71. The van der Waals surface area contributed by atoms with Crippen LogP contribution in [0.1, 0.15) is 18.7 Å². The zero-order valence-corrected chi connectivity index (χ0v) is 14.9. The van der Waals surface area contributed by atoms with Gasteiger partial charge in [0.05, 0.1) is 12.3 Å². The second kappa shape index (κ2) is 8.82. The van der Waals surface area contributed by atoms with Crippen molar-refractivity contribution in [2.45, 2.75) is 13.0 Å². The summed E-state index contributed by atoms with van der Waals surface area (Å²) in [5, 5.41) is 7.73. The zero-order chi connectivity index (χ0) is 19.1. The summed E-state index contributed by atoms with van der Waals surface area (Å²) in [4.78, 5) is 36.9. The van der Waals surface area contributed by atoms with Crippen molar-refractivity contribution >= 4 is 29.1 Å². The summed E-state index contributed by atoms with van der Waals surface area (Å²) < 4.78 is 5.36. The van der Waals surface area contributed by atoms with E-state index in [0.717, 1.165) is 0 Å². The Labute approximate surface area is 151 Å². The summed E-state index contributed by atoms with van der Waals surface area (Å²) in [6, 6.07) is 9.86. The first-order valence-electron chi connectivity index (χ1n) is 8.03. The number of benzene rings is 1. The lowest BCUT2D eigenvalue weighted by Crippen LogP contribution is -2.40. The summed E-state index contributed by atoms with van der Waals surface area (Å²) in [5.41, 5.74) is 1.06. The van der Waals surface area contributed by atoms with E-state index in [0.29, 0.717) is 17.1 Å². The van der Waals surface area contributed by atoms with E-state index in [4.69, 9.17) is 4.42 Å². The van der Waals surface area contributed by atoms with Gasteiger partial charge in [-0.1, -0.05) is 0 Å². The van der Waals surface area contributed by atoms with Crippen LogP contribution in [0.15, 0.2) is 47.1 Å². The highest BCUT2D eigenvalue weighted by Crippen LogP contribution is 2.17. The molecule has 1 atom stereocenters. The van der Waals surface area contributed by atoms with Crippen LogP contribution < -0.4 is 16.0 Å². The number of nitrogens with one attached hydrogen (secondary N) is 3. The van der Waals surface area contributed by atoms with Gasteiger partial charge in [-0.2, -0.15) is 0 Å². The number of rotatable bonds is 6. The van der Waals surface area contributed by atoms with Crippen molar-refractivity contribution in [2.75, 3.05) is 31.3 Å². The number of anilines is 2. The molecular weight excluding hydrogens is 336 g/mol. The van der Waals surface area contributed by atoms with Gasteiger partial charge in [0.1, 0.15) is 5.76 Å². The predicted molar refractivity (Wildman–Crippen MR) is 97.5 cm³/mol. The standard InChI is InChI=1S/C18H22N4O4/c1-12(23)20-13-6-8-14(9-7-13)21-18(25)17(24)19-11-15(22(2)3)16-5-4-10-26-16/h4-10,15H,11H2,1-3H3,(H,19,24)(H,20,23)(H,21,25). The van der Waals surface area contributed by atoms with Crippen LogP contribution in [-0.2, 0) is 14.4 Å². The van der Waals surface area contributed by atoms with Gasteiger partial charge in [0.2, 0.25) is 5.91 Å². The smallest absolute Gasteiger partial charge is 0.313 e. The van der Waals surface area contributed by atoms with Gasteiger partial charge in [0, 0.05) is 24.8 Å². The molecule has 0 fully saturated rings. The first-order chi connectivity index (χ1) is 12.4. The Morgan fingerprint density at radius 2 is 1.62 bits per heavy atom. The Balaban J connectivity index is 1.89. The van der Waals surface area contributed by atoms with Crippen LogP contribution in [-0.4, -0.2) is 43.3 Å². The normalized spacial score (nSPS) is 11.7. The Kier molecular flexibility index (Phi) is 6.51. The molecule has 3 N–H and O–H groups in total. The molecule has 0 aliphatic heterocycles. The Bertz CT molecular complexity index is 754. The number of nitrogens with zero attached hydrogens (tertiary/aromatic N) is 1. The molecule has 1 heterocycles. The largest absolute Gasteiger partial charge is 0.468 e. The summed E-state index contributed by atoms with van der Waals surface area (Å²) in [5.74, 6) is -0.999. The predicted octanol–water partition coefficient (Wildman–Crippen LogP) is 1.60. The Morgan fingerprint density at radius 1 is 1.00 bits per heavy atom. The number of likely N-dealkylation sites (N-methyl/N-ethyl adjacent to an activating group) is 1. The minimum atomic E-state index is -0.769. The van der Waals surface area contributed by atoms with Gasteiger partial charge in [-0.05, 0) is 50.5 Å². The fraction of sp³-hybridized carbons (Fsp3) is 0.278. The molecule has 138 valence electrons. The molecule has 0 bridgehead atoms. The SMILES string of the molecule is CC(=O)Nc1ccc(NC(=O)C(=O)NCC(c2ccco2)N(C)C)cc1. The second-order valence-electron chi connectivity index (χ2n) is 5.92. The molecule has 26 heavy (non-hydrogen) atoms. The van der Waals surface area contributed by atoms with Crippen LogP contribution >= 0.6 is 0 Å². The van der Waals surface area contributed by atoms with E-state index < -0.39 is 11.8 Å². The van der Waals surface area contributed by atoms with Crippen molar-refractivity contribution in [1.29, 1.82) is 0 Å². The van der Waals surface area contributed by atoms with E-state index in [1.54, 1.807) is 36.6 Å². The highest BCUT2D eigenvalue weighted by atomic mass is 16.3. The summed E-state index contributed by atoms with van der Waals surface area (Å²) in [6.45, 7) is 1.64. The maximum atomic E-state index is 12.0. The van der Waals surface area contributed by atoms with Gasteiger partial charge >= 0.3 is 11.8 Å². The quantitative estimate of drug-likeness (QED) is 0.681. The lowest BCUT2D eigenvalue weighted by atomic mass is 10.2. The van der Waals surface area contributed by atoms with Gasteiger partial charge < -0.3 is 20.4 Å². The van der Waals surface area contributed by atoms with Crippen molar-refractivity contribution in [3.05, 3.63) is 48.4 Å². The maximum absolute atomic E-state index is 12.0. The average molecular weight is 358 g/mol. The van der Waals surface area contributed by atoms with Crippen molar-refractivity contribution in [2.24, 2.45) is 0 Å². The Hall–Kier alpha value is -3.13. The molecule has 1 unspecified atom stereocenters. The molecule has 1 aromatic carbocycles. The number of amides is 3. The van der Waals surface area contributed by atoms with Crippen LogP contribution in [0.2, 0.25) is 0 Å². The van der Waals surface area contributed by atoms with Crippen molar-refractivity contribution in [3.8, 4) is 0 Å². The minimum absolute atomic E-state index is 0.182. The van der Waals surface area contributed by atoms with Crippen LogP contribution in [0.25, 0.3) is 0 Å². The van der Waals surface area contributed by atoms with E-state index in [1.807, 2.05) is 25.1 Å². The molecule has 0 saturated carbocycles. The molecule has 0 spiro atoms. The first kappa shape index (κ1) is 19.2. The highest BCUT2D eigenvalue weighted by molar-refractivity contribution is 6.39. The molecule has 0 aliphatic carbocycles. The third-order valence-corrected chi connectivity index (χ3v) is 3.62. The third-order valence-electron chi connectivity index (χ3n) is 3.62. The van der Waals surface area contributed by atoms with Gasteiger partial charge in [-0.25, -0.2) is 0 Å². The number of carbonyl (C=O) groups is 3. The van der Waals surface area contributed by atoms with Crippen LogP contribution in [0.5, 0.6) is 0 Å². The molecule has 8 nitrogen and oxygen atoms in total. The minimum Gasteiger partial charge on any atom is -0.468 e. The van der Waals surface area contributed by atoms with E-state index in [2.05, 4.69) is 16.0 Å². The van der Waals surface area contributed by atoms with E-state index >= 15 is 0 Å². The van der Waals surface area contributed by atoms with E-state index in [9.17, 15) is 14.4 Å². The summed E-state index contributed by atoms with van der Waals surface area (Å²) in [6.07, 6.45) is 1.56. The maximum Gasteiger partial charge on any atom is 0.313 e. The van der Waals surface area contributed by atoms with Gasteiger partial charge in [0.25, 0.3) is 0 Å². The third kappa shape index (κ3) is 5.45. The first-order valence-corrected chi connectivity index (χ1v) is 8.03. The zero-order valence-electron chi connectivity index (χ0n) is 14.9. The molecule has 1 aromatic heterocycles. The average Bonchev–Trinajstić information content (AvgIpc) is 3.10. The van der Waals surface area contributed by atoms with E-state index in [1.165, 1.54) is 6.92 Å².